The number of rotatable bonds is 58. The molecule has 0 aromatic rings. The maximum absolute atomic E-state index is 12.7. The van der Waals surface area contributed by atoms with E-state index in [9.17, 15) is 19.0 Å². The molecule has 9 nitrogen and oxygen atoms in total. The minimum Gasteiger partial charge on any atom is -0.462 e. The standard InChI is InChI=1S/C71H116NO8P/c1-3-5-7-9-11-13-15-17-19-21-23-25-27-28-29-30-31-32-33-34-35-36-37-38-39-40-42-43-45-47-49-51-53-55-57-59-61-63-70(73)77-67-69(68-79-81(75,76)78-66-65-72)80-71(74)64-62-60-58-56-54-52-50-48-46-44-41-26-24-22-20-18-16-14-12-10-8-6-4-2/h5-8,11-14,17-20,23-26,28-29,31-32,44,46,50,52,56,58,69H,3-4,9-10,15-16,21-22,27,30,33-43,45,47-49,51,53-55,57,59-68,72H2,1-2H3,(H,75,76)/b7-5-,8-6-,13-11-,14-12-,19-17-,20-18-,25-23-,26-24-,29-28-,32-31-,46-44-,52-50-,58-56-. The Balaban J connectivity index is 3.97. The summed E-state index contributed by atoms with van der Waals surface area (Å²) in [6, 6.07) is 0. The highest BCUT2D eigenvalue weighted by Gasteiger charge is 2.26. The van der Waals surface area contributed by atoms with Crippen molar-refractivity contribution in [3.05, 3.63) is 158 Å². The molecule has 0 radical (unpaired) electrons. The first-order chi connectivity index (χ1) is 39.8. The second-order valence-corrected chi connectivity index (χ2v) is 22.0. The molecule has 0 rings (SSSR count). The van der Waals surface area contributed by atoms with Gasteiger partial charge in [0.25, 0.3) is 0 Å². The van der Waals surface area contributed by atoms with Crippen molar-refractivity contribution in [2.45, 2.75) is 251 Å². The third-order valence-electron chi connectivity index (χ3n) is 12.9. The van der Waals surface area contributed by atoms with Crippen LogP contribution in [-0.2, 0) is 32.7 Å². The van der Waals surface area contributed by atoms with Crippen molar-refractivity contribution in [1.82, 2.24) is 0 Å². The zero-order valence-corrected chi connectivity index (χ0v) is 52.1. The Kier molecular flexibility index (Phi) is 61.3. The lowest BCUT2D eigenvalue weighted by molar-refractivity contribution is -0.161. The average Bonchev–Trinajstić information content (AvgIpc) is 3.46. The van der Waals surface area contributed by atoms with E-state index in [-0.39, 0.29) is 32.6 Å². The first kappa shape index (κ1) is 76.6. The van der Waals surface area contributed by atoms with E-state index >= 15 is 0 Å². The molecule has 0 heterocycles. The minimum absolute atomic E-state index is 0.0371. The number of nitrogens with two attached hydrogens (primary N) is 1. The monoisotopic (exact) mass is 1140 g/mol. The quantitative estimate of drug-likeness (QED) is 0.0264. The predicted octanol–water partition coefficient (Wildman–Crippen LogP) is 20.8. The fraction of sp³-hybridized carbons (Fsp3) is 0.606. The molecular weight excluding hydrogens is 1030 g/mol. The fourth-order valence-corrected chi connectivity index (χ4v) is 9.04. The Labute approximate surface area is 496 Å². The number of hydrogen-bond acceptors (Lipinski definition) is 8. The Morgan fingerprint density at radius 3 is 0.988 bits per heavy atom. The Morgan fingerprint density at radius 1 is 0.370 bits per heavy atom. The van der Waals surface area contributed by atoms with Gasteiger partial charge in [-0.25, -0.2) is 4.57 Å². The number of phosphoric ester groups is 1. The van der Waals surface area contributed by atoms with Crippen LogP contribution in [0.3, 0.4) is 0 Å². The normalized spacial score (nSPS) is 14.1. The van der Waals surface area contributed by atoms with Gasteiger partial charge < -0.3 is 20.1 Å². The van der Waals surface area contributed by atoms with Crippen LogP contribution in [0, 0.1) is 0 Å². The maximum Gasteiger partial charge on any atom is 0.472 e. The lowest BCUT2D eigenvalue weighted by Gasteiger charge is -2.19. The number of carbonyl (C=O) groups is 2. The Hall–Kier alpha value is -4.37. The highest BCUT2D eigenvalue weighted by atomic mass is 31.2. The van der Waals surface area contributed by atoms with Gasteiger partial charge in [0.15, 0.2) is 6.10 Å². The summed E-state index contributed by atoms with van der Waals surface area (Å²) >= 11 is 0. The highest BCUT2D eigenvalue weighted by molar-refractivity contribution is 7.47. The molecule has 2 unspecified atom stereocenters. The lowest BCUT2D eigenvalue weighted by atomic mass is 10.0. The van der Waals surface area contributed by atoms with Crippen molar-refractivity contribution in [1.29, 1.82) is 0 Å². The van der Waals surface area contributed by atoms with Gasteiger partial charge in [-0.2, -0.15) is 0 Å². The number of carbonyl (C=O) groups excluding carboxylic acids is 2. The minimum atomic E-state index is -4.42. The van der Waals surface area contributed by atoms with Crippen LogP contribution >= 0.6 is 7.82 Å². The first-order valence-electron chi connectivity index (χ1n) is 32.0. The molecule has 0 fully saturated rings. The van der Waals surface area contributed by atoms with E-state index in [0.29, 0.717) is 12.8 Å². The van der Waals surface area contributed by atoms with Crippen LogP contribution in [0.1, 0.15) is 245 Å². The number of phosphoric acid groups is 1. The molecule has 0 aliphatic rings. The number of ether oxygens (including phenoxy) is 2. The predicted molar refractivity (Wildman–Crippen MR) is 348 cm³/mol. The Morgan fingerprint density at radius 2 is 0.654 bits per heavy atom. The second-order valence-electron chi connectivity index (χ2n) is 20.5. The molecule has 0 amide bonds. The first-order valence-corrected chi connectivity index (χ1v) is 33.5. The number of esters is 2. The summed E-state index contributed by atoms with van der Waals surface area (Å²) in [4.78, 5) is 35.2. The summed E-state index contributed by atoms with van der Waals surface area (Å²) in [5.74, 6) is -0.903. The summed E-state index contributed by atoms with van der Waals surface area (Å²) in [5, 5.41) is 0. The molecular formula is C71H116NO8P. The molecule has 0 aromatic heterocycles. The Bertz CT molecular complexity index is 1880. The van der Waals surface area contributed by atoms with Gasteiger partial charge in [-0.15, -0.1) is 0 Å². The molecule has 0 spiro atoms. The number of hydrogen-bond donors (Lipinski definition) is 2. The largest absolute Gasteiger partial charge is 0.472 e. The van der Waals surface area contributed by atoms with Crippen LogP contribution in [0.4, 0.5) is 0 Å². The molecule has 0 aliphatic heterocycles. The third kappa shape index (κ3) is 64.7. The molecule has 458 valence electrons. The van der Waals surface area contributed by atoms with Crippen molar-refractivity contribution < 1.29 is 37.6 Å². The topological polar surface area (TPSA) is 134 Å². The van der Waals surface area contributed by atoms with Crippen LogP contribution in [0.25, 0.3) is 0 Å². The zero-order chi connectivity index (χ0) is 58.7. The molecule has 0 saturated carbocycles. The highest BCUT2D eigenvalue weighted by Crippen LogP contribution is 2.43. The van der Waals surface area contributed by atoms with Gasteiger partial charge in [0.2, 0.25) is 0 Å². The van der Waals surface area contributed by atoms with Gasteiger partial charge in [0, 0.05) is 19.4 Å². The van der Waals surface area contributed by atoms with E-state index in [1.807, 2.05) is 6.08 Å². The summed E-state index contributed by atoms with van der Waals surface area (Å²) in [6.07, 6.45) is 94.7. The second kappa shape index (κ2) is 64.8. The summed E-state index contributed by atoms with van der Waals surface area (Å²) in [5.41, 5.74) is 5.38. The molecule has 0 saturated heterocycles. The SMILES string of the molecule is CC/C=C\C/C=C\C/C=C\C/C=C\C/C=C\C/C=C\C/C=C\CCCC(=O)OC(COC(=O)CCCCCCCCCCCCCCCCCCCC/C=C\C/C=C\C/C=C\C/C=C\C/C=C\C/C=C\CC)COP(=O)(O)OCCN. The molecule has 3 N–H and O–H groups in total. The summed E-state index contributed by atoms with van der Waals surface area (Å²) in [6.45, 7) is 3.44. The van der Waals surface area contributed by atoms with Crippen molar-refractivity contribution in [3.8, 4) is 0 Å². The van der Waals surface area contributed by atoms with Gasteiger partial charge in [-0.3, -0.25) is 18.6 Å². The van der Waals surface area contributed by atoms with Crippen molar-refractivity contribution in [2.75, 3.05) is 26.4 Å². The molecule has 81 heavy (non-hydrogen) atoms. The number of unbranched alkanes of at least 4 members (excludes halogenated alkanes) is 19. The van der Waals surface area contributed by atoms with Crippen LogP contribution < -0.4 is 5.73 Å². The smallest absolute Gasteiger partial charge is 0.462 e. The molecule has 10 heteroatoms. The van der Waals surface area contributed by atoms with E-state index in [1.54, 1.807) is 0 Å². The van der Waals surface area contributed by atoms with Crippen molar-refractivity contribution >= 4 is 19.8 Å². The van der Waals surface area contributed by atoms with Gasteiger partial charge in [0.05, 0.1) is 13.2 Å². The van der Waals surface area contributed by atoms with E-state index in [2.05, 4.69) is 166 Å². The number of allylic oxidation sites excluding steroid dienone is 26. The fourth-order valence-electron chi connectivity index (χ4n) is 8.28. The summed E-state index contributed by atoms with van der Waals surface area (Å²) in [7, 11) is -4.42. The van der Waals surface area contributed by atoms with E-state index in [0.717, 1.165) is 103 Å². The lowest BCUT2D eigenvalue weighted by Crippen LogP contribution is -2.29. The maximum atomic E-state index is 12.7. The molecule has 2 atom stereocenters. The van der Waals surface area contributed by atoms with Gasteiger partial charge in [-0.1, -0.05) is 275 Å². The zero-order valence-electron chi connectivity index (χ0n) is 51.2. The van der Waals surface area contributed by atoms with E-state index in [1.165, 1.54) is 103 Å². The van der Waals surface area contributed by atoms with Gasteiger partial charge in [-0.05, 0) is 116 Å². The molecule has 0 aromatic carbocycles. The average molecular weight is 1140 g/mol. The van der Waals surface area contributed by atoms with E-state index < -0.39 is 32.5 Å². The molecule has 0 aliphatic carbocycles. The van der Waals surface area contributed by atoms with Gasteiger partial charge in [0.1, 0.15) is 6.61 Å². The van der Waals surface area contributed by atoms with Crippen LogP contribution in [-0.4, -0.2) is 49.3 Å². The van der Waals surface area contributed by atoms with Gasteiger partial charge >= 0.3 is 19.8 Å². The van der Waals surface area contributed by atoms with Crippen LogP contribution in [0.5, 0.6) is 0 Å². The molecule has 0 bridgehead atoms. The van der Waals surface area contributed by atoms with E-state index in [4.69, 9.17) is 24.3 Å². The van der Waals surface area contributed by atoms with Crippen molar-refractivity contribution in [3.63, 3.8) is 0 Å². The van der Waals surface area contributed by atoms with Crippen LogP contribution in [0.15, 0.2) is 158 Å². The third-order valence-corrected chi connectivity index (χ3v) is 13.9. The van der Waals surface area contributed by atoms with Crippen molar-refractivity contribution in [2.24, 2.45) is 5.73 Å². The van der Waals surface area contributed by atoms with Crippen LogP contribution in [0.2, 0.25) is 0 Å². The summed E-state index contributed by atoms with van der Waals surface area (Å²) < 4.78 is 33.0.